The Morgan fingerprint density at radius 3 is 2.45 bits per heavy atom. The fourth-order valence-corrected chi connectivity index (χ4v) is 5.69. The van der Waals surface area contributed by atoms with Crippen molar-refractivity contribution < 1.29 is 0 Å². The first-order chi connectivity index (χ1) is 16.3. The molecular weight excluding hydrogens is 446 g/mol. The Hall–Kier alpha value is -3.68. The SMILES string of the molecule is c1ccc(-c2csc(Sc3nnc(Cc4c[nH]c5ccccc45)n3-c3ccccc3)n2)cc1. The van der Waals surface area contributed by atoms with Gasteiger partial charge in [0.15, 0.2) is 4.34 Å². The topological polar surface area (TPSA) is 59.4 Å². The van der Waals surface area contributed by atoms with Crippen LogP contribution in [0, 0.1) is 0 Å². The Morgan fingerprint density at radius 2 is 1.61 bits per heavy atom. The van der Waals surface area contributed by atoms with Crippen molar-refractivity contribution in [2.24, 2.45) is 0 Å². The molecule has 0 saturated carbocycles. The highest BCUT2D eigenvalue weighted by molar-refractivity contribution is 8.00. The Balaban J connectivity index is 1.37. The Morgan fingerprint density at radius 1 is 0.848 bits per heavy atom. The number of hydrogen-bond acceptors (Lipinski definition) is 5. The molecule has 0 saturated heterocycles. The zero-order valence-electron chi connectivity index (χ0n) is 17.6. The number of benzene rings is 3. The molecule has 0 atom stereocenters. The molecule has 6 rings (SSSR count). The summed E-state index contributed by atoms with van der Waals surface area (Å²) in [7, 11) is 0. The van der Waals surface area contributed by atoms with Gasteiger partial charge in [0, 0.05) is 40.2 Å². The monoisotopic (exact) mass is 465 g/mol. The molecule has 3 aromatic carbocycles. The van der Waals surface area contributed by atoms with E-state index in [0.717, 1.165) is 37.8 Å². The van der Waals surface area contributed by atoms with Crippen LogP contribution in [0.4, 0.5) is 0 Å². The van der Waals surface area contributed by atoms with Gasteiger partial charge in [-0.3, -0.25) is 4.57 Å². The van der Waals surface area contributed by atoms with Crippen LogP contribution in [0.15, 0.2) is 106 Å². The highest BCUT2D eigenvalue weighted by atomic mass is 32.2. The van der Waals surface area contributed by atoms with Crippen LogP contribution < -0.4 is 0 Å². The summed E-state index contributed by atoms with van der Waals surface area (Å²) in [6.07, 6.45) is 2.74. The maximum absolute atomic E-state index is 4.83. The molecule has 3 heterocycles. The van der Waals surface area contributed by atoms with E-state index in [-0.39, 0.29) is 0 Å². The number of aromatic amines is 1. The van der Waals surface area contributed by atoms with Gasteiger partial charge in [0.25, 0.3) is 0 Å². The molecule has 3 aromatic heterocycles. The maximum atomic E-state index is 4.83. The van der Waals surface area contributed by atoms with Gasteiger partial charge < -0.3 is 4.98 Å². The molecule has 6 aromatic rings. The predicted molar refractivity (Wildman–Crippen MR) is 134 cm³/mol. The largest absolute Gasteiger partial charge is 0.361 e. The molecular formula is C26H19N5S2. The number of thiazole rings is 1. The molecule has 0 spiro atoms. The molecule has 0 aliphatic heterocycles. The first-order valence-electron chi connectivity index (χ1n) is 10.6. The van der Waals surface area contributed by atoms with E-state index in [4.69, 9.17) is 4.98 Å². The minimum absolute atomic E-state index is 0.680. The van der Waals surface area contributed by atoms with Crippen LogP contribution in [0.25, 0.3) is 27.8 Å². The molecule has 0 aliphatic carbocycles. The predicted octanol–water partition coefficient (Wildman–Crippen LogP) is 6.61. The average Bonchev–Trinajstić information content (AvgIpc) is 3.60. The molecule has 1 N–H and O–H groups in total. The smallest absolute Gasteiger partial charge is 0.202 e. The number of hydrogen-bond donors (Lipinski definition) is 1. The molecule has 160 valence electrons. The number of fused-ring (bicyclic) bond motifs is 1. The molecule has 33 heavy (non-hydrogen) atoms. The summed E-state index contributed by atoms with van der Waals surface area (Å²) in [5.74, 6) is 0.897. The van der Waals surface area contributed by atoms with Crippen molar-refractivity contribution >= 4 is 34.0 Å². The number of nitrogens with zero attached hydrogens (tertiary/aromatic N) is 4. The first-order valence-corrected chi connectivity index (χ1v) is 12.3. The fourth-order valence-electron chi connectivity index (χ4n) is 3.89. The third-order valence-corrected chi connectivity index (χ3v) is 7.35. The number of H-pyrrole nitrogens is 1. The summed E-state index contributed by atoms with van der Waals surface area (Å²) in [6, 6.07) is 28.8. The van der Waals surface area contributed by atoms with Crippen molar-refractivity contribution in [3.8, 4) is 16.9 Å². The fraction of sp³-hybridized carbons (Fsp3) is 0.0385. The van der Waals surface area contributed by atoms with Crippen LogP contribution in [0.2, 0.25) is 0 Å². The Bertz CT molecular complexity index is 1520. The van der Waals surface area contributed by atoms with Crippen LogP contribution in [0.5, 0.6) is 0 Å². The Labute approximate surface area is 199 Å². The number of para-hydroxylation sites is 2. The second-order valence-electron chi connectivity index (χ2n) is 7.57. The van der Waals surface area contributed by atoms with E-state index in [0.29, 0.717) is 6.42 Å². The third-order valence-electron chi connectivity index (χ3n) is 5.47. The van der Waals surface area contributed by atoms with Crippen molar-refractivity contribution in [3.05, 3.63) is 108 Å². The Kier molecular flexibility index (Phi) is 5.26. The molecule has 7 heteroatoms. The van der Waals surface area contributed by atoms with Gasteiger partial charge >= 0.3 is 0 Å². The third kappa shape index (κ3) is 3.97. The summed E-state index contributed by atoms with van der Waals surface area (Å²) in [5.41, 5.74) is 5.47. The van der Waals surface area contributed by atoms with Crippen molar-refractivity contribution in [3.63, 3.8) is 0 Å². The minimum Gasteiger partial charge on any atom is -0.361 e. The first kappa shape index (κ1) is 20.0. The van der Waals surface area contributed by atoms with E-state index in [9.17, 15) is 0 Å². The van der Waals surface area contributed by atoms with Gasteiger partial charge in [-0.1, -0.05) is 66.7 Å². The normalized spacial score (nSPS) is 11.3. The lowest BCUT2D eigenvalue weighted by Gasteiger charge is -2.09. The van der Waals surface area contributed by atoms with Gasteiger partial charge in [-0.05, 0) is 35.5 Å². The number of aromatic nitrogens is 5. The van der Waals surface area contributed by atoms with Crippen molar-refractivity contribution in [1.29, 1.82) is 0 Å². The highest BCUT2D eigenvalue weighted by Gasteiger charge is 2.18. The lowest BCUT2D eigenvalue weighted by molar-refractivity contribution is 0.849. The van der Waals surface area contributed by atoms with E-state index < -0.39 is 0 Å². The summed E-state index contributed by atoms with van der Waals surface area (Å²) in [4.78, 5) is 8.19. The zero-order valence-corrected chi connectivity index (χ0v) is 19.2. The maximum Gasteiger partial charge on any atom is 0.202 e. The second-order valence-corrected chi connectivity index (χ2v) is 9.65. The van der Waals surface area contributed by atoms with Crippen LogP contribution in [0.3, 0.4) is 0 Å². The van der Waals surface area contributed by atoms with Crippen LogP contribution in [-0.2, 0) is 6.42 Å². The molecule has 0 fully saturated rings. The molecule has 0 aliphatic rings. The van der Waals surface area contributed by atoms with Crippen molar-refractivity contribution in [2.45, 2.75) is 15.9 Å². The summed E-state index contributed by atoms with van der Waals surface area (Å²) in [5, 5.41) is 13.3. The second kappa shape index (κ2) is 8.69. The minimum atomic E-state index is 0.680. The standard InChI is InChI=1S/C26H19N5S2/c1-3-9-18(10-4-1)23-17-32-26(28-23)33-25-30-29-24(31(25)20-11-5-2-6-12-20)15-19-16-27-22-14-8-7-13-21(19)22/h1-14,16-17,27H,15H2. The summed E-state index contributed by atoms with van der Waals surface area (Å²) >= 11 is 3.18. The summed E-state index contributed by atoms with van der Waals surface area (Å²) in [6.45, 7) is 0. The molecule has 5 nitrogen and oxygen atoms in total. The van der Waals surface area contributed by atoms with Gasteiger partial charge in [-0.25, -0.2) is 4.98 Å². The quantitative estimate of drug-likeness (QED) is 0.300. The van der Waals surface area contributed by atoms with Gasteiger partial charge in [0.1, 0.15) is 5.82 Å². The van der Waals surface area contributed by atoms with Crippen molar-refractivity contribution in [1.82, 2.24) is 24.7 Å². The van der Waals surface area contributed by atoms with Gasteiger partial charge in [-0.2, -0.15) is 0 Å². The van der Waals surface area contributed by atoms with E-state index in [1.165, 1.54) is 10.9 Å². The zero-order chi connectivity index (χ0) is 22.0. The number of nitrogens with one attached hydrogen (secondary N) is 1. The van der Waals surface area contributed by atoms with Crippen LogP contribution in [0.1, 0.15) is 11.4 Å². The van der Waals surface area contributed by atoms with E-state index in [1.54, 1.807) is 23.1 Å². The van der Waals surface area contributed by atoms with E-state index in [1.807, 2.05) is 42.5 Å². The van der Waals surface area contributed by atoms with Gasteiger partial charge in [0.05, 0.1) is 5.69 Å². The lowest BCUT2D eigenvalue weighted by Crippen LogP contribution is -2.03. The van der Waals surface area contributed by atoms with E-state index >= 15 is 0 Å². The highest BCUT2D eigenvalue weighted by Crippen LogP contribution is 2.34. The molecule has 0 unspecified atom stereocenters. The average molecular weight is 466 g/mol. The van der Waals surface area contributed by atoms with Crippen molar-refractivity contribution in [2.75, 3.05) is 0 Å². The summed E-state index contributed by atoms with van der Waals surface area (Å²) < 4.78 is 3.08. The van der Waals surface area contributed by atoms with E-state index in [2.05, 4.69) is 73.8 Å². The van der Waals surface area contributed by atoms with Gasteiger partial charge in [-0.15, -0.1) is 21.5 Å². The lowest BCUT2D eigenvalue weighted by atomic mass is 10.1. The molecule has 0 amide bonds. The van der Waals surface area contributed by atoms with Gasteiger partial charge in [0.2, 0.25) is 5.16 Å². The number of rotatable bonds is 6. The molecule has 0 radical (unpaired) electrons. The van der Waals surface area contributed by atoms with Crippen LogP contribution in [-0.4, -0.2) is 24.7 Å². The van der Waals surface area contributed by atoms with Crippen LogP contribution >= 0.6 is 23.1 Å². The molecule has 0 bridgehead atoms.